The van der Waals surface area contributed by atoms with Gasteiger partial charge in [-0.2, -0.15) is 4.99 Å². The van der Waals surface area contributed by atoms with E-state index in [9.17, 15) is 5.11 Å². The molecule has 1 atom stereocenters. The average Bonchev–Trinajstić information content (AvgIpc) is 2.69. The molecule has 1 aromatic heterocycles. The lowest BCUT2D eigenvalue weighted by molar-refractivity contribution is 0.463. The topological polar surface area (TPSA) is 101 Å². The number of hydrogen-bond donors (Lipinski definition) is 3. The molecular weight excluding hydrogens is 382 g/mol. The highest BCUT2D eigenvalue weighted by molar-refractivity contribution is 8.12. The zero-order valence-corrected chi connectivity index (χ0v) is 17.6. The Kier molecular flexibility index (Phi) is 6.51. The molecular formula is C22H27N5OS. The number of aromatic nitrogens is 1. The summed E-state index contributed by atoms with van der Waals surface area (Å²) in [6.07, 6.45) is 2.38. The summed E-state index contributed by atoms with van der Waals surface area (Å²) in [5.41, 5.74) is 13.6. The summed E-state index contributed by atoms with van der Waals surface area (Å²) in [7, 11) is -0.399. The highest BCUT2D eigenvalue weighted by Gasteiger charge is 2.13. The first kappa shape index (κ1) is 20.8. The molecule has 3 aromatic rings. The molecule has 0 fully saturated rings. The van der Waals surface area contributed by atoms with Crippen molar-refractivity contribution in [2.24, 2.45) is 16.5 Å². The van der Waals surface area contributed by atoms with Gasteiger partial charge in [-0.15, -0.1) is 0 Å². The van der Waals surface area contributed by atoms with Crippen LogP contribution in [0.3, 0.4) is 0 Å². The predicted octanol–water partition coefficient (Wildman–Crippen LogP) is 4.04. The van der Waals surface area contributed by atoms with E-state index in [0.717, 1.165) is 24.4 Å². The first-order valence-corrected chi connectivity index (χ1v) is 10.8. The fraction of sp³-hybridized carbons (Fsp3) is 0.227. The number of benzene rings is 2. The van der Waals surface area contributed by atoms with Gasteiger partial charge in [0.2, 0.25) is 0 Å². The van der Waals surface area contributed by atoms with E-state index < -0.39 is 10.7 Å². The summed E-state index contributed by atoms with van der Waals surface area (Å²) in [6.45, 7) is 6.02. The number of rotatable bonds is 7. The lowest BCUT2D eigenvalue weighted by Gasteiger charge is -2.26. The molecule has 0 bridgehead atoms. The molecule has 0 saturated heterocycles. The Balaban J connectivity index is 2.00. The van der Waals surface area contributed by atoms with Crippen LogP contribution in [0, 0.1) is 6.92 Å². The highest BCUT2D eigenvalue weighted by atomic mass is 32.2. The molecule has 1 heterocycles. The van der Waals surface area contributed by atoms with Crippen molar-refractivity contribution in [3.63, 3.8) is 0 Å². The molecule has 3 rings (SSSR count). The maximum atomic E-state index is 10.2. The van der Waals surface area contributed by atoms with Gasteiger partial charge in [-0.3, -0.25) is 0 Å². The van der Waals surface area contributed by atoms with Crippen molar-refractivity contribution in [3.05, 3.63) is 59.8 Å². The Morgan fingerprint density at radius 2 is 2.00 bits per heavy atom. The molecule has 0 amide bonds. The second-order valence-electron chi connectivity index (χ2n) is 6.93. The molecule has 0 aliphatic carbocycles. The molecule has 7 heteroatoms. The van der Waals surface area contributed by atoms with E-state index in [1.807, 2.05) is 18.2 Å². The number of pyridine rings is 1. The van der Waals surface area contributed by atoms with Crippen LogP contribution in [-0.2, 0) is 6.54 Å². The minimum atomic E-state index is -0.399. The van der Waals surface area contributed by atoms with Crippen LogP contribution in [0.4, 0.5) is 5.82 Å². The van der Waals surface area contributed by atoms with Crippen LogP contribution >= 0.6 is 10.7 Å². The van der Waals surface area contributed by atoms with Gasteiger partial charge in [0.25, 0.3) is 0 Å². The standard InChI is InChI=1S/C22H27N5OS/c1-4-10-27(14-16-7-5-6-15(2)11-16)29(3)17-8-9-18-19(12-17)21(26-22(23)24)25-13-20(18)28/h5-9,11-13,28H,3-4,10,14H2,1-2H3,(H4,23,24,25,26). The first-order valence-electron chi connectivity index (χ1n) is 9.45. The number of nitrogens with two attached hydrogens (primary N) is 2. The smallest absolute Gasteiger partial charge is 0.192 e. The minimum Gasteiger partial charge on any atom is -0.506 e. The maximum Gasteiger partial charge on any atom is 0.192 e. The van der Waals surface area contributed by atoms with Crippen LogP contribution < -0.4 is 11.5 Å². The van der Waals surface area contributed by atoms with E-state index in [1.54, 1.807) is 0 Å². The van der Waals surface area contributed by atoms with Crippen LogP contribution in [0.1, 0.15) is 24.5 Å². The van der Waals surface area contributed by atoms with Gasteiger partial charge in [0.1, 0.15) is 5.75 Å². The second-order valence-corrected chi connectivity index (χ2v) is 8.65. The summed E-state index contributed by atoms with van der Waals surface area (Å²) in [6, 6.07) is 14.4. The third-order valence-electron chi connectivity index (χ3n) is 4.55. The molecule has 0 spiro atoms. The number of aromatic hydroxyl groups is 1. The third-order valence-corrected chi connectivity index (χ3v) is 6.28. The molecule has 5 N–H and O–H groups in total. The van der Waals surface area contributed by atoms with Crippen LogP contribution in [-0.4, -0.2) is 32.8 Å². The Labute approximate surface area is 174 Å². The summed E-state index contributed by atoms with van der Waals surface area (Å²) in [5, 5.41) is 11.5. The lowest BCUT2D eigenvalue weighted by atomic mass is 10.1. The SMILES string of the molecule is C=S(c1ccc2c(O)cnc(N=C(N)N)c2c1)N(CCC)Cc1cccc(C)c1. The Bertz CT molecular complexity index is 1080. The summed E-state index contributed by atoms with van der Waals surface area (Å²) < 4.78 is 2.37. The van der Waals surface area contributed by atoms with Crippen LogP contribution in [0.25, 0.3) is 10.8 Å². The largest absolute Gasteiger partial charge is 0.506 e. The Morgan fingerprint density at radius 3 is 2.69 bits per heavy atom. The van der Waals surface area contributed by atoms with Crippen molar-refractivity contribution in [1.29, 1.82) is 0 Å². The minimum absolute atomic E-state index is 0.0735. The number of aryl methyl sites for hydroxylation is 1. The van der Waals surface area contributed by atoms with Crippen LogP contribution in [0.2, 0.25) is 0 Å². The van der Waals surface area contributed by atoms with E-state index in [2.05, 4.69) is 58.3 Å². The molecule has 0 saturated carbocycles. The normalized spacial score (nSPS) is 12.2. The molecule has 0 aliphatic heterocycles. The predicted molar refractivity (Wildman–Crippen MR) is 124 cm³/mol. The fourth-order valence-electron chi connectivity index (χ4n) is 3.23. The molecule has 1 unspecified atom stereocenters. The van der Waals surface area contributed by atoms with Gasteiger partial charge in [0, 0.05) is 28.8 Å². The Morgan fingerprint density at radius 1 is 1.21 bits per heavy atom. The van der Waals surface area contributed by atoms with Gasteiger partial charge in [-0.25, -0.2) is 9.29 Å². The Hall–Kier alpha value is -2.90. The van der Waals surface area contributed by atoms with E-state index in [-0.39, 0.29) is 11.7 Å². The van der Waals surface area contributed by atoms with Crippen molar-refractivity contribution in [1.82, 2.24) is 9.29 Å². The van der Waals surface area contributed by atoms with E-state index in [0.29, 0.717) is 16.6 Å². The molecule has 6 nitrogen and oxygen atoms in total. The summed E-state index contributed by atoms with van der Waals surface area (Å²) in [5.74, 6) is 4.86. The van der Waals surface area contributed by atoms with E-state index in [4.69, 9.17) is 11.5 Å². The van der Waals surface area contributed by atoms with Crippen molar-refractivity contribution in [2.45, 2.75) is 31.7 Å². The third kappa shape index (κ3) is 4.93. The van der Waals surface area contributed by atoms with Gasteiger partial charge in [-0.1, -0.05) is 53.3 Å². The summed E-state index contributed by atoms with van der Waals surface area (Å²) in [4.78, 5) is 9.32. The summed E-state index contributed by atoms with van der Waals surface area (Å²) >= 11 is 0. The maximum absolute atomic E-state index is 10.2. The molecule has 0 aliphatic rings. The van der Waals surface area contributed by atoms with E-state index in [1.165, 1.54) is 17.3 Å². The van der Waals surface area contributed by atoms with Crippen molar-refractivity contribution in [3.8, 4) is 5.75 Å². The quantitative estimate of drug-likeness (QED) is 0.311. The zero-order valence-electron chi connectivity index (χ0n) is 16.8. The molecule has 0 radical (unpaired) electrons. The monoisotopic (exact) mass is 409 g/mol. The highest BCUT2D eigenvalue weighted by Crippen LogP contribution is 2.37. The van der Waals surface area contributed by atoms with Gasteiger partial charge in [0.15, 0.2) is 11.8 Å². The van der Waals surface area contributed by atoms with Crippen molar-refractivity contribution < 1.29 is 5.11 Å². The molecule has 29 heavy (non-hydrogen) atoms. The second kappa shape index (κ2) is 9.07. The number of nitrogens with zero attached hydrogens (tertiary/aromatic N) is 3. The molecule has 2 aromatic carbocycles. The molecule has 152 valence electrons. The number of fused-ring (bicyclic) bond motifs is 1. The van der Waals surface area contributed by atoms with Gasteiger partial charge < -0.3 is 16.6 Å². The van der Waals surface area contributed by atoms with Crippen molar-refractivity contribution >= 4 is 39.1 Å². The van der Waals surface area contributed by atoms with Crippen LogP contribution in [0.15, 0.2) is 58.5 Å². The fourth-order valence-corrected chi connectivity index (χ4v) is 4.72. The van der Waals surface area contributed by atoms with Crippen molar-refractivity contribution in [2.75, 3.05) is 6.54 Å². The zero-order chi connectivity index (χ0) is 21.0. The van der Waals surface area contributed by atoms with Gasteiger partial charge >= 0.3 is 0 Å². The number of guanidine groups is 1. The number of hydrogen-bond acceptors (Lipinski definition) is 4. The number of aliphatic imine (C=N–C) groups is 1. The average molecular weight is 410 g/mol. The lowest BCUT2D eigenvalue weighted by Crippen LogP contribution is -2.22. The van der Waals surface area contributed by atoms with E-state index >= 15 is 0 Å². The van der Waals surface area contributed by atoms with Crippen LogP contribution in [0.5, 0.6) is 5.75 Å². The van der Waals surface area contributed by atoms with Gasteiger partial charge in [0.05, 0.1) is 6.20 Å². The van der Waals surface area contributed by atoms with Gasteiger partial charge in [-0.05, 0) is 37.1 Å². The first-order chi connectivity index (χ1) is 13.9.